The van der Waals surface area contributed by atoms with Gasteiger partial charge in [-0.3, -0.25) is 14.8 Å². The van der Waals surface area contributed by atoms with Gasteiger partial charge in [0.05, 0.1) is 16.3 Å². The minimum absolute atomic E-state index is 0.0521. The summed E-state index contributed by atoms with van der Waals surface area (Å²) in [5.74, 6) is -0.897. The molecule has 0 radical (unpaired) electrons. The van der Waals surface area contributed by atoms with E-state index in [2.05, 4.69) is 20.6 Å². The van der Waals surface area contributed by atoms with E-state index < -0.39 is 5.82 Å². The van der Waals surface area contributed by atoms with E-state index in [-0.39, 0.29) is 10.9 Å². The summed E-state index contributed by atoms with van der Waals surface area (Å²) in [5, 5.41) is 5.80. The van der Waals surface area contributed by atoms with E-state index >= 15 is 0 Å². The average molecular weight is 357 g/mol. The van der Waals surface area contributed by atoms with Crippen LogP contribution in [0.5, 0.6) is 0 Å². The lowest BCUT2D eigenvalue weighted by atomic mass is 10.2. The molecule has 0 saturated heterocycles. The topological polar surface area (TPSA) is 66.9 Å². The third-order valence-electron chi connectivity index (χ3n) is 3.42. The first-order valence-corrected chi connectivity index (χ1v) is 7.84. The van der Waals surface area contributed by atoms with Gasteiger partial charge >= 0.3 is 0 Å². The highest BCUT2D eigenvalue weighted by molar-refractivity contribution is 6.31. The van der Waals surface area contributed by atoms with Gasteiger partial charge in [0.1, 0.15) is 5.82 Å². The largest absolute Gasteiger partial charge is 0.380 e. The molecule has 0 bridgehead atoms. The van der Waals surface area contributed by atoms with Gasteiger partial charge in [0.15, 0.2) is 0 Å². The van der Waals surface area contributed by atoms with E-state index in [9.17, 15) is 9.18 Å². The van der Waals surface area contributed by atoms with Gasteiger partial charge in [-0.25, -0.2) is 4.39 Å². The SMILES string of the molecule is O=C(Nc1ccc(F)c(Cl)c1)c1cncc(NCc2ccncc2)c1. The van der Waals surface area contributed by atoms with Crippen LogP contribution in [0, 0.1) is 5.82 Å². The summed E-state index contributed by atoms with van der Waals surface area (Å²) in [4.78, 5) is 20.3. The summed E-state index contributed by atoms with van der Waals surface area (Å²) >= 11 is 5.71. The number of hydrogen-bond donors (Lipinski definition) is 2. The second-order valence-corrected chi connectivity index (χ2v) is 5.66. The van der Waals surface area contributed by atoms with Crippen molar-refractivity contribution in [2.24, 2.45) is 0 Å². The zero-order chi connectivity index (χ0) is 17.6. The fraction of sp³-hybridized carbons (Fsp3) is 0.0556. The van der Waals surface area contributed by atoms with Gasteiger partial charge in [0.25, 0.3) is 5.91 Å². The highest BCUT2D eigenvalue weighted by Crippen LogP contribution is 2.20. The number of pyridine rings is 2. The molecule has 25 heavy (non-hydrogen) atoms. The van der Waals surface area contributed by atoms with Crippen molar-refractivity contribution in [1.29, 1.82) is 0 Å². The van der Waals surface area contributed by atoms with Gasteiger partial charge < -0.3 is 10.6 Å². The number of hydrogen-bond acceptors (Lipinski definition) is 4. The van der Waals surface area contributed by atoms with Gasteiger partial charge in [-0.1, -0.05) is 11.6 Å². The van der Waals surface area contributed by atoms with Crippen molar-refractivity contribution >= 4 is 28.9 Å². The van der Waals surface area contributed by atoms with E-state index in [1.807, 2.05) is 12.1 Å². The van der Waals surface area contributed by atoms with E-state index in [0.29, 0.717) is 23.5 Å². The zero-order valence-electron chi connectivity index (χ0n) is 13.0. The van der Waals surface area contributed by atoms with E-state index in [0.717, 1.165) is 5.56 Å². The molecular formula is C18H14ClFN4O. The average Bonchev–Trinajstić information content (AvgIpc) is 2.64. The predicted octanol–water partition coefficient (Wildman–Crippen LogP) is 4.13. The maximum atomic E-state index is 13.2. The number of aromatic nitrogens is 2. The minimum atomic E-state index is -0.538. The first-order chi connectivity index (χ1) is 12.1. The van der Waals surface area contributed by atoms with Gasteiger partial charge in [0, 0.05) is 37.0 Å². The summed E-state index contributed by atoms with van der Waals surface area (Å²) in [6.07, 6.45) is 6.52. The summed E-state index contributed by atoms with van der Waals surface area (Å²) in [7, 11) is 0. The Hall–Kier alpha value is -2.99. The molecule has 0 atom stereocenters. The molecule has 0 spiro atoms. The van der Waals surface area contributed by atoms with Crippen LogP contribution in [0.2, 0.25) is 5.02 Å². The second kappa shape index (κ2) is 7.72. The Labute approximate surface area is 148 Å². The normalized spacial score (nSPS) is 10.3. The quantitative estimate of drug-likeness (QED) is 0.721. The summed E-state index contributed by atoms with van der Waals surface area (Å²) in [5.41, 5.74) is 2.55. The molecule has 0 aliphatic carbocycles. The standard InChI is InChI=1S/C18H14ClFN4O/c19-16-8-14(1-2-17(16)20)24-18(25)13-7-15(11-22-10-13)23-9-12-3-5-21-6-4-12/h1-8,10-11,23H,9H2,(H,24,25). The molecule has 0 fully saturated rings. The maximum Gasteiger partial charge on any atom is 0.257 e. The van der Waals surface area contributed by atoms with Crippen LogP contribution < -0.4 is 10.6 Å². The molecule has 7 heteroatoms. The molecule has 0 unspecified atom stereocenters. The fourth-order valence-corrected chi connectivity index (χ4v) is 2.32. The number of nitrogens with zero attached hydrogens (tertiary/aromatic N) is 2. The smallest absolute Gasteiger partial charge is 0.257 e. The van der Waals surface area contributed by atoms with Crippen molar-refractivity contribution in [2.45, 2.75) is 6.54 Å². The number of carbonyl (C=O) groups excluding carboxylic acids is 1. The number of rotatable bonds is 5. The molecule has 3 rings (SSSR count). The molecule has 126 valence electrons. The van der Waals surface area contributed by atoms with Crippen LogP contribution in [0.1, 0.15) is 15.9 Å². The molecule has 0 saturated carbocycles. The van der Waals surface area contributed by atoms with Gasteiger partial charge in [-0.15, -0.1) is 0 Å². The van der Waals surface area contributed by atoms with Gasteiger partial charge in [-0.05, 0) is 42.0 Å². The van der Waals surface area contributed by atoms with Crippen molar-refractivity contribution in [3.63, 3.8) is 0 Å². The molecule has 1 amide bonds. The Balaban J connectivity index is 1.67. The van der Waals surface area contributed by atoms with Crippen LogP contribution in [0.3, 0.4) is 0 Å². The van der Waals surface area contributed by atoms with Crippen LogP contribution in [0.4, 0.5) is 15.8 Å². The fourth-order valence-electron chi connectivity index (χ4n) is 2.14. The van der Waals surface area contributed by atoms with Crippen LogP contribution >= 0.6 is 11.6 Å². The Morgan fingerprint density at radius 1 is 1.04 bits per heavy atom. The van der Waals surface area contributed by atoms with Crippen molar-refractivity contribution in [2.75, 3.05) is 10.6 Å². The Kier molecular flexibility index (Phi) is 5.20. The number of halogens is 2. The minimum Gasteiger partial charge on any atom is -0.380 e. The van der Waals surface area contributed by atoms with Crippen LogP contribution in [-0.4, -0.2) is 15.9 Å². The number of benzene rings is 1. The highest BCUT2D eigenvalue weighted by Gasteiger charge is 2.09. The van der Waals surface area contributed by atoms with Crippen LogP contribution in [0.15, 0.2) is 61.2 Å². The first kappa shape index (κ1) is 16.9. The number of carbonyl (C=O) groups is 1. The van der Waals surface area contributed by atoms with E-state index in [1.165, 1.54) is 24.4 Å². The van der Waals surface area contributed by atoms with Crippen molar-refractivity contribution in [1.82, 2.24) is 9.97 Å². The Morgan fingerprint density at radius 2 is 1.84 bits per heavy atom. The van der Waals surface area contributed by atoms with Crippen LogP contribution in [0.25, 0.3) is 0 Å². The van der Waals surface area contributed by atoms with Crippen molar-refractivity contribution in [3.05, 3.63) is 83.2 Å². The number of amides is 1. The monoisotopic (exact) mass is 356 g/mol. The molecule has 0 aliphatic rings. The maximum absolute atomic E-state index is 13.2. The van der Waals surface area contributed by atoms with Crippen molar-refractivity contribution in [3.8, 4) is 0 Å². The molecule has 3 aromatic rings. The summed E-state index contributed by atoms with van der Waals surface area (Å²) in [6, 6.07) is 9.48. The molecule has 2 heterocycles. The number of anilines is 2. The predicted molar refractivity (Wildman–Crippen MR) is 95.2 cm³/mol. The van der Waals surface area contributed by atoms with Crippen molar-refractivity contribution < 1.29 is 9.18 Å². The highest BCUT2D eigenvalue weighted by atomic mass is 35.5. The number of nitrogens with one attached hydrogen (secondary N) is 2. The van der Waals surface area contributed by atoms with E-state index in [4.69, 9.17) is 11.6 Å². The molecular weight excluding hydrogens is 343 g/mol. The molecule has 0 aliphatic heterocycles. The molecule has 2 aromatic heterocycles. The lowest BCUT2D eigenvalue weighted by Gasteiger charge is -2.09. The van der Waals surface area contributed by atoms with Gasteiger partial charge in [-0.2, -0.15) is 0 Å². The second-order valence-electron chi connectivity index (χ2n) is 5.25. The lowest BCUT2D eigenvalue weighted by molar-refractivity contribution is 0.102. The van der Waals surface area contributed by atoms with Crippen LogP contribution in [-0.2, 0) is 6.54 Å². The third kappa shape index (κ3) is 4.51. The summed E-state index contributed by atoms with van der Waals surface area (Å²) < 4.78 is 13.2. The molecule has 1 aromatic carbocycles. The zero-order valence-corrected chi connectivity index (χ0v) is 13.8. The lowest BCUT2D eigenvalue weighted by Crippen LogP contribution is -2.13. The Morgan fingerprint density at radius 3 is 2.60 bits per heavy atom. The van der Waals surface area contributed by atoms with E-state index in [1.54, 1.807) is 24.7 Å². The van der Waals surface area contributed by atoms with Gasteiger partial charge in [0.2, 0.25) is 0 Å². The first-order valence-electron chi connectivity index (χ1n) is 7.46. The molecule has 2 N–H and O–H groups in total. The Bertz CT molecular complexity index is 889. The summed E-state index contributed by atoms with van der Waals surface area (Å²) in [6.45, 7) is 0.586. The molecule has 5 nitrogen and oxygen atoms in total. The third-order valence-corrected chi connectivity index (χ3v) is 3.71.